The van der Waals surface area contributed by atoms with Crippen LogP contribution in [0.1, 0.15) is 12.5 Å². The van der Waals surface area contributed by atoms with Gasteiger partial charge < -0.3 is 5.32 Å². The number of aromatic nitrogens is 1. The first-order valence-electron chi connectivity index (χ1n) is 6.47. The van der Waals surface area contributed by atoms with Gasteiger partial charge in [-0.15, -0.1) is 0 Å². The molecule has 1 aromatic carbocycles. The van der Waals surface area contributed by atoms with E-state index in [1.165, 1.54) is 0 Å². The fourth-order valence-electron chi connectivity index (χ4n) is 1.97. The SMILES string of the molecule is CNC(C)CNS(=O)(=O)c1c(C)ccc2cccnc12. The van der Waals surface area contributed by atoms with E-state index >= 15 is 0 Å². The number of fused-ring (bicyclic) bond motifs is 1. The van der Waals surface area contributed by atoms with E-state index in [4.69, 9.17) is 0 Å². The number of nitrogens with zero attached hydrogens (tertiary/aromatic N) is 1. The van der Waals surface area contributed by atoms with Gasteiger partial charge in [0.15, 0.2) is 0 Å². The minimum atomic E-state index is -3.58. The summed E-state index contributed by atoms with van der Waals surface area (Å²) in [5, 5.41) is 3.82. The van der Waals surface area contributed by atoms with Gasteiger partial charge in [0.05, 0.1) is 5.52 Å². The van der Waals surface area contributed by atoms with Crippen molar-refractivity contribution in [3.63, 3.8) is 0 Å². The molecular formula is C14H19N3O2S. The zero-order valence-electron chi connectivity index (χ0n) is 11.8. The van der Waals surface area contributed by atoms with Gasteiger partial charge in [-0.25, -0.2) is 13.1 Å². The molecule has 0 aliphatic heterocycles. The van der Waals surface area contributed by atoms with Gasteiger partial charge in [-0.2, -0.15) is 0 Å². The Kier molecular flexibility index (Phi) is 4.37. The molecule has 1 atom stereocenters. The van der Waals surface area contributed by atoms with Crippen molar-refractivity contribution in [3.05, 3.63) is 36.0 Å². The first-order valence-corrected chi connectivity index (χ1v) is 7.95. The molecule has 0 saturated heterocycles. The van der Waals surface area contributed by atoms with Crippen molar-refractivity contribution in [2.75, 3.05) is 13.6 Å². The van der Waals surface area contributed by atoms with E-state index in [0.29, 0.717) is 17.6 Å². The fourth-order valence-corrected chi connectivity index (χ4v) is 3.50. The average molecular weight is 293 g/mol. The maximum absolute atomic E-state index is 12.5. The maximum Gasteiger partial charge on any atom is 0.243 e. The highest BCUT2D eigenvalue weighted by atomic mass is 32.2. The van der Waals surface area contributed by atoms with E-state index in [2.05, 4.69) is 15.0 Å². The highest BCUT2D eigenvalue weighted by Crippen LogP contribution is 2.24. The second kappa shape index (κ2) is 5.87. The normalized spacial score (nSPS) is 13.6. The van der Waals surface area contributed by atoms with Gasteiger partial charge in [0.25, 0.3) is 0 Å². The zero-order chi connectivity index (χ0) is 14.8. The molecule has 6 heteroatoms. The summed E-state index contributed by atoms with van der Waals surface area (Å²) in [6, 6.07) is 7.40. The predicted molar refractivity (Wildman–Crippen MR) is 80.2 cm³/mol. The molecule has 2 rings (SSSR count). The molecule has 2 aromatic rings. The Balaban J connectivity index is 2.48. The van der Waals surface area contributed by atoms with Crippen molar-refractivity contribution in [1.29, 1.82) is 0 Å². The number of benzene rings is 1. The summed E-state index contributed by atoms with van der Waals surface area (Å²) in [5.74, 6) is 0. The van der Waals surface area contributed by atoms with Crippen LogP contribution in [0.4, 0.5) is 0 Å². The number of nitrogens with one attached hydrogen (secondary N) is 2. The van der Waals surface area contributed by atoms with Crippen molar-refractivity contribution in [2.24, 2.45) is 0 Å². The Bertz CT molecular complexity index is 713. The molecule has 0 amide bonds. The Hall–Kier alpha value is -1.50. The van der Waals surface area contributed by atoms with E-state index in [9.17, 15) is 8.42 Å². The van der Waals surface area contributed by atoms with E-state index < -0.39 is 10.0 Å². The monoisotopic (exact) mass is 293 g/mol. The third-order valence-corrected chi connectivity index (χ3v) is 4.87. The van der Waals surface area contributed by atoms with Crippen LogP contribution >= 0.6 is 0 Å². The second-order valence-corrected chi connectivity index (χ2v) is 6.53. The quantitative estimate of drug-likeness (QED) is 0.875. The minimum absolute atomic E-state index is 0.0630. The zero-order valence-corrected chi connectivity index (χ0v) is 12.7. The number of rotatable bonds is 5. The Labute approximate surface area is 119 Å². The molecule has 108 valence electrons. The van der Waals surface area contributed by atoms with Gasteiger partial charge in [-0.05, 0) is 32.5 Å². The average Bonchev–Trinajstić information content (AvgIpc) is 2.44. The number of likely N-dealkylation sites (N-methyl/N-ethyl adjacent to an activating group) is 1. The summed E-state index contributed by atoms with van der Waals surface area (Å²) >= 11 is 0. The lowest BCUT2D eigenvalue weighted by Crippen LogP contribution is -2.37. The highest BCUT2D eigenvalue weighted by molar-refractivity contribution is 7.89. The lowest BCUT2D eigenvalue weighted by Gasteiger charge is -2.14. The molecule has 0 spiro atoms. The van der Waals surface area contributed by atoms with Gasteiger partial charge in [0.1, 0.15) is 4.90 Å². The molecule has 1 heterocycles. The van der Waals surface area contributed by atoms with Crippen LogP contribution in [0.15, 0.2) is 35.4 Å². The van der Waals surface area contributed by atoms with Crippen molar-refractivity contribution >= 4 is 20.9 Å². The van der Waals surface area contributed by atoms with Crippen LogP contribution in [0.3, 0.4) is 0 Å². The molecule has 0 bridgehead atoms. The molecule has 1 aromatic heterocycles. The van der Waals surface area contributed by atoms with E-state index in [-0.39, 0.29) is 10.9 Å². The van der Waals surface area contributed by atoms with Crippen LogP contribution in [0.25, 0.3) is 10.9 Å². The molecule has 0 radical (unpaired) electrons. The van der Waals surface area contributed by atoms with Crippen LogP contribution in [0.5, 0.6) is 0 Å². The van der Waals surface area contributed by atoms with Crippen molar-refractivity contribution in [3.8, 4) is 0 Å². The van der Waals surface area contributed by atoms with Crippen LogP contribution in [0, 0.1) is 6.92 Å². The number of aryl methyl sites for hydroxylation is 1. The van der Waals surface area contributed by atoms with Crippen LogP contribution < -0.4 is 10.0 Å². The first-order chi connectivity index (χ1) is 9.45. The molecule has 20 heavy (non-hydrogen) atoms. The third-order valence-electron chi connectivity index (χ3n) is 3.27. The second-order valence-electron chi connectivity index (χ2n) is 4.83. The lowest BCUT2D eigenvalue weighted by atomic mass is 10.1. The Morgan fingerprint density at radius 2 is 2.05 bits per heavy atom. The molecule has 0 aliphatic carbocycles. The van der Waals surface area contributed by atoms with Crippen molar-refractivity contribution < 1.29 is 8.42 Å². The number of hydrogen-bond donors (Lipinski definition) is 2. The van der Waals surface area contributed by atoms with Gasteiger partial charge in [-0.3, -0.25) is 4.98 Å². The standard InChI is InChI=1S/C14H19N3O2S/c1-10-6-7-12-5-4-8-16-13(12)14(10)20(18,19)17-9-11(2)15-3/h4-8,11,15,17H,9H2,1-3H3. The number of sulfonamides is 1. The first kappa shape index (κ1) is 14.9. The summed E-state index contributed by atoms with van der Waals surface area (Å²) in [4.78, 5) is 4.48. The summed E-state index contributed by atoms with van der Waals surface area (Å²) in [6.07, 6.45) is 1.61. The van der Waals surface area contributed by atoms with E-state index in [1.54, 1.807) is 32.3 Å². The molecule has 0 aliphatic rings. The molecule has 0 saturated carbocycles. The summed E-state index contributed by atoms with van der Waals surface area (Å²) in [6.45, 7) is 4.03. The van der Waals surface area contributed by atoms with Gasteiger partial charge in [0.2, 0.25) is 10.0 Å². The van der Waals surface area contributed by atoms with Crippen LogP contribution in [-0.2, 0) is 10.0 Å². The molecular weight excluding hydrogens is 274 g/mol. The fraction of sp³-hybridized carbons (Fsp3) is 0.357. The molecule has 1 unspecified atom stereocenters. The Morgan fingerprint density at radius 1 is 1.30 bits per heavy atom. The van der Waals surface area contributed by atoms with Gasteiger partial charge in [-0.1, -0.05) is 18.2 Å². The number of pyridine rings is 1. The maximum atomic E-state index is 12.5. The van der Waals surface area contributed by atoms with Gasteiger partial charge >= 0.3 is 0 Å². The molecule has 0 fully saturated rings. The highest BCUT2D eigenvalue weighted by Gasteiger charge is 2.21. The summed E-state index contributed by atoms with van der Waals surface area (Å²) < 4.78 is 27.6. The third kappa shape index (κ3) is 2.98. The van der Waals surface area contributed by atoms with Gasteiger partial charge in [0, 0.05) is 24.2 Å². The van der Waals surface area contributed by atoms with Crippen molar-refractivity contribution in [1.82, 2.24) is 15.0 Å². The summed E-state index contributed by atoms with van der Waals surface area (Å²) in [5.41, 5.74) is 1.21. The lowest BCUT2D eigenvalue weighted by molar-refractivity contribution is 0.554. The van der Waals surface area contributed by atoms with Crippen LogP contribution in [-0.4, -0.2) is 33.0 Å². The molecule has 2 N–H and O–H groups in total. The van der Waals surface area contributed by atoms with E-state index in [0.717, 1.165) is 5.39 Å². The largest absolute Gasteiger partial charge is 0.316 e. The smallest absolute Gasteiger partial charge is 0.243 e. The summed E-state index contributed by atoms with van der Waals surface area (Å²) in [7, 11) is -1.78. The molecule has 5 nitrogen and oxygen atoms in total. The number of hydrogen-bond acceptors (Lipinski definition) is 4. The topological polar surface area (TPSA) is 71.1 Å². The van der Waals surface area contributed by atoms with Crippen molar-refractivity contribution in [2.45, 2.75) is 24.8 Å². The van der Waals surface area contributed by atoms with E-state index in [1.807, 2.05) is 19.1 Å². The predicted octanol–water partition coefficient (Wildman–Crippen LogP) is 1.43. The minimum Gasteiger partial charge on any atom is -0.316 e. The Morgan fingerprint density at radius 3 is 2.75 bits per heavy atom. The van der Waals surface area contributed by atoms with Crippen LogP contribution in [0.2, 0.25) is 0 Å².